The molecule has 13 heteroatoms. The fraction of sp³-hybridized carbons (Fsp3) is 0.359. The van der Waals surface area contributed by atoms with Crippen LogP contribution in [-0.2, 0) is 0 Å². The van der Waals surface area contributed by atoms with Crippen LogP contribution >= 0.6 is 0 Å². The minimum atomic E-state index is -1.70. The predicted molar refractivity (Wildman–Crippen MR) is 187 cm³/mol. The molecular formula is C39H32F5N7O. The van der Waals surface area contributed by atoms with E-state index >= 15 is 13.2 Å². The Kier molecular flexibility index (Phi) is 7.31. The van der Waals surface area contributed by atoms with Gasteiger partial charge in [0.2, 0.25) is 0 Å². The summed E-state index contributed by atoms with van der Waals surface area (Å²) in [7, 11) is 0. The number of nitrogens with two attached hydrogens (primary N) is 1. The quantitative estimate of drug-likeness (QED) is 0.136. The van der Waals surface area contributed by atoms with E-state index < -0.39 is 34.6 Å². The molecule has 4 atom stereocenters. The van der Waals surface area contributed by atoms with Crippen molar-refractivity contribution in [1.82, 2.24) is 20.2 Å². The molecule has 1 aromatic heterocycles. The van der Waals surface area contributed by atoms with Crippen LogP contribution in [0.25, 0.3) is 38.4 Å². The lowest BCUT2D eigenvalue weighted by Gasteiger charge is -2.41. The van der Waals surface area contributed by atoms with Crippen LogP contribution in [0.2, 0.25) is 0 Å². The third-order valence-corrected chi connectivity index (χ3v) is 11.8. The second-order valence-corrected chi connectivity index (χ2v) is 14.6. The van der Waals surface area contributed by atoms with Crippen molar-refractivity contribution in [2.24, 2.45) is 0 Å². The van der Waals surface area contributed by atoms with Crippen molar-refractivity contribution < 1.29 is 26.7 Å². The van der Waals surface area contributed by atoms with Crippen LogP contribution in [0.5, 0.6) is 6.01 Å². The molecule has 0 radical (unpaired) electrons. The number of hydrogen-bond acceptors (Lipinski definition) is 8. The van der Waals surface area contributed by atoms with Crippen molar-refractivity contribution in [3.63, 3.8) is 0 Å². The molecule has 6 heterocycles. The molecule has 4 saturated heterocycles. The first kappa shape index (κ1) is 32.7. The summed E-state index contributed by atoms with van der Waals surface area (Å²) < 4.78 is 84.0. The Labute approximate surface area is 295 Å². The molecule has 0 spiro atoms. The van der Waals surface area contributed by atoms with Gasteiger partial charge in [-0.15, -0.1) is 6.42 Å². The molecule has 0 amide bonds. The molecule has 52 heavy (non-hydrogen) atoms. The molecule has 0 aliphatic carbocycles. The van der Waals surface area contributed by atoms with Crippen LogP contribution in [-0.4, -0.2) is 64.8 Å². The van der Waals surface area contributed by atoms with E-state index in [9.17, 15) is 14.0 Å². The number of terminal acetylenes is 1. The Morgan fingerprint density at radius 1 is 1.12 bits per heavy atom. The van der Waals surface area contributed by atoms with Gasteiger partial charge in [-0.1, -0.05) is 18.6 Å². The number of hydrogen-bond donors (Lipinski definition) is 2. The van der Waals surface area contributed by atoms with Gasteiger partial charge in [0.1, 0.15) is 35.6 Å². The van der Waals surface area contributed by atoms with Gasteiger partial charge in [0.25, 0.3) is 6.08 Å². The Morgan fingerprint density at radius 2 is 1.94 bits per heavy atom. The molecule has 3 aromatic carbocycles. The number of anilines is 2. The molecule has 5 aliphatic rings. The maximum absolute atomic E-state index is 17.5. The maximum Gasteiger partial charge on any atom is 0.319 e. The lowest BCUT2D eigenvalue weighted by Crippen LogP contribution is -2.58. The van der Waals surface area contributed by atoms with E-state index in [0.717, 1.165) is 25.3 Å². The van der Waals surface area contributed by atoms with Crippen LogP contribution in [0, 0.1) is 41.1 Å². The zero-order chi connectivity index (χ0) is 36.2. The number of nitrogens with one attached hydrogen (secondary N) is 1. The number of fused-ring (bicyclic) bond motifs is 7. The van der Waals surface area contributed by atoms with Gasteiger partial charge in [0, 0.05) is 53.3 Å². The van der Waals surface area contributed by atoms with Gasteiger partial charge in [-0.05, 0) is 68.2 Å². The Morgan fingerprint density at radius 3 is 2.71 bits per heavy atom. The number of halogens is 5. The van der Waals surface area contributed by atoms with Gasteiger partial charge in [-0.2, -0.15) is 24.0 Å². The van der Waals surface area contributed by atoms with Crippen LogP contribution < -0.4 is 20.7 Å². The molecule has 3 N–H and O–H groups in total. The van der Waals surface area contributed by atoms with Crippen LogP contribution in [0.4, 0.5) is 33.5 Å². The van der Waals surface area contributed by atoms with Crippen LogP contribution in [0.1, 0.15) is 55.2 Å². The Bertz CT molecular complexity index is 2400. The number of rotatable bonds is 4. The second-order valence-electron chi connectivity index (χ2n) is 14.6. The van der Waals surface area contributed by atoms with Gasteiger partial charge in [-0.25, -0.2) is 13.2 Å². The summed E-state index contributed by atoms with van der Waals surface area (Å²) in [5.74, 6) is -0.416. The standard InChI is InChI=1S/C39H32F5N7O/c1-3-22-24(40)7-5-19-12-25(46)23(14-45)30(29(19)22)31-33(41)28-18(2)11-27-26-8-6-21(47-26)16-51(27)37-32(28)35(34(31)42)48-38(49-37)52-17-39-9-4-10-50(39)15-20(13-39)36(43)44/h1,5,7,12,21,26-27,47H,2,4,6,8-11,13,15-17,46H2/t21-,26+,27-,39+/m1/s1. The fourth-order valence-corrected chi connectivity index (χ4v) is 9.50. The van der Waals surface area contributed by atoms with Crippen molar-refractivity contribution in [2.45, 2.75) is 62.2 Å². The van der Waals surface area contributed by atoms with Crippen LogP contribution in [0.15, 0.2) is 36.4 Å². The average molecular weight is 710 g/mol. The Hall–Kier alpha value is -5.24. The van der Waals surface area contributed by atoms with E-state index in [4.69, 9.17) is 21.9 Å². The summed E-state index contributed by atoms with van der Waals surface area (Å²) >= 11 is 0. The van der Waals surface area contributed by atoms with Crippen LogP contribution in [0.3, 0.4) is 0 Å². The topological polar surface area (TPSA) is 103 Å². The van der Waals surface area contributed by atoms with E-state index in [1.807, 2.05) is 15.9 Å². The van der Waals surface area contributed by atoms with Gasteiger partial charge < -0.3 is 20.7 Å². The molecule has 0 saturated carbocycles. The highest BCUT2D eigenvalue weighted by Gasteiger charge is 2.49. The summed E-state index contributed by atoms with van der Waals surface area (Å²) in [4.78, 5) is 13.4. The van der Waals surface area contributed by atoms with Crippen molar-refractivity contribution in [3.8, 4) is 35.6 Å². The molecule has 264 valence electrons. The lowest BCUT2D eigenvalue weighted by atomic mass is 9.86. The van der Waals surface area contributed by atoms with Crippen molar-refractivity contribution in [3.05, 3.63) is 70.6 Å². The highest BCUT2D eigenvalue weighted by molar-refractivity contribution is 6.10. The molecule has 8 nitrogen and oxygen atoms in total. The van der Waals surface area contributed by atoms with Gasteiger partial charge in [-0.3, -0.25) is 4.90 Å². The van der Waals surface area contributed by atoms with Crippen molar-refractivity contribution in [1.29, 1.82) is 5.26 Å². The summed E-state index contributed by atoms with van der Waals surface area (Å²) in [5, 5.41) is 14.3. The summed E-state index contributed by atoms with van der Waals surface area (Å²) in [6, 6.07) is 5.63. The summed E-state index contributed by atoms with van der Waals surface area (Å²) in [5.41, 5.74) is 4.12. The largest absolute Gasteiger partial charge is 0.461 e. The van der Waals surface area contributed by atoms with E-state index in [-0.39, 0.29) is 105 Å². The van der Waals surface area contributed by atoms with E-state index in [2.05, 4.69) is 22.8 Å². The number of nitrogens with zero attached hydrogens (tertiary/aromatic N) is 5. The smallest absolute Gasteiger partial charge is 0.319 e. The lowest BCUT2D eigenvalue weighted by molar-refractivity contribution is 0.108. The van der Waals surface area contributed by atoms with Gasteiger partial charge in [0.15, 0.2) is 5.82 Å². The second kappa shape index (κ2) is 11.6. The van der Waals surface area contributed by atoms with E-state index in [1.54, 1.807) is 0 Å². The number of benzene rings is 3. The van der Waals surface area contributed by atoms with E-state index in [0.29, 0.717) is 31.5 Å². The minimum absolute atomic E-state index is 0.0244. The number of nitrogen functional groups attached to an aromatic ring is 1. The molecule has 5 aliphatic heterocycles. The Balaban J connectivity index is 1.31. The first-order valence-corrected chi connectivity index (χ1v) is 17.3. The third-order valence-electron chi connectivity index (χ3n) is 11.8. The molecule has 9 rings (SSSR count). The van der Waals surface area contributed by atoms with E-state index in [1.165, 1.54) is 12.1 Å². The minimum Gasteiger partial charge on any atom is -0.461 e. The SMILES string of the molecule is C#Cc1c(F)ccc2cc(N)c(C#N)c(-c3c(F)c4c5c(nc(OC[C@@]67CCCN6CC(=C(F)F)C7)nc5c3F)N3C[C@H]5CC[C@H](N5)[C@H]3CC4=C)c12. The highest BCUT2D eigenvalue weighted by atomic mass is 19.3. The first-order valence-electron chi connectivity index (χ1n) is 17.3. The normalized spacial score (nSPS) is 24.9. The molecule has 2 bridgehead atoms. The molecular weight excluding hydrogens is 677 g/mol. The zero-order valence-electron chi connectivity index (χ0n) is 27.9. The molecule has 4 aromatic rings. The van der Waals surface area contributed by atoms with Crippen molar-refractivity contribution >= 4 is 38.8 Å². The zero-order valence-corrected chi connectivity index (χ0v) is 27.9. The predicted octanol–water partition coefficient (Wildman–Crippen LogP) is 6.80. The van der Waals surface area contributed by atoms with Crippen molar-refractivity contribution in [2.75, 3.05) is 36.9 Å². The number of ether oxygens (including phenoxy) is 1. The van der Waals surface area contributed by atoms with Gasteiger partial charge >= 0.3 is 6.01 Å². The average Bonchev–Trinajstić information content (AvgIpc) is 3.79. The first-order chi connectivity index (χ1) is 25.0. The summed E-state index contributed by atoms with van der Waals surface area (Å²) in [6.45, 7) is 5.53. The summed E-state index contributed by atoms with van der Waals surface area (Å²) in [6.07, 6.45) is 7.70. The van der Waals surface area contributed by atoms with Gasteiger partial charge in [0.05, 0.1) is 33.3 Å². The fourth-order valence-electron chi connectivity index (χ4n) is 9.50. The maximum atomic E-state index is 17.5. The number of nitriles is 1. The monoisotopic (exact) mass is 709 g/mol. The number of piperazine rings is 1. The number of aromatic nitrogens is 2. The molecule has 0 unspecified atom stereocenters. The highest BCUT2D eigenvalue weighted by Crippen LogP contribution is 2.50. The third kappa shape index (κ3) is 4.58. The molecule has 4 fully saturated rings.